The van der Waals surface area contributed by atoms with Gasteiger partial charge in [0.2, 0.25) is 7.41 Å². The average Bonchev–Trinajstić information content (AvgIpc) is 1.76. The molecule has 1 aliphatic heterocycles. The SMILES string of the molecule is CCCCC[C@H]1C[B]N1. The molecule has 1 fully saturated rings. The van der Waals surface area contributed by atoms with Crippen molar-refractivity contribution in [2.45, 2.75) is 45.0 Å². The fourth-order valence-corrected chi connectivity index (χ4v) is 1.13. The molecule has 1 atom stereocenters. The molecule has 0 bridgehead atoms. The van der Waals surface area contributed by atoms with Crippen molar-refractivity contribution in [2.24, 2.45) is 0 Å². The smallest absolute Gasteiger partial charge is 0.207 e. The van der Waals surface area contributed by atoms with Crippen molar-refractivity contribution in [2.75, 3.05) is 0 Å². The fourth-order valence-electron chi connectivity index (χ4n) is 1.13. The summed E-state index contributed by atoms with van der Waals surface area (Å²) in [6.07, 6.45) is 6.82. The Bertz CT molecular complexity index is 71.3. The predicted octanol–water partition coefficient (Wildman–Crippen LogP) is 1.58. The number of hydrogen-bond donors (Lipinski definition) is 1. The summed E-state index contributed by atoms with van der Waals surface area (Å²) in [5, 5.41) is 3.28. The van der Waals surface area contributed by atoms with Crippen LogP contribution in [0.4, 0.5) is 0 Å². The molecular formula is C7H15BN. The van der Waals surface area contributed by atoms with Crippen LogP contribution in [-0.2, 0) is 0 Å². The first-order valence-electron chi connectivity index (χ1n) is 4.01. The first-order chi connectivity index (χ1) is 4.43. The Balaban J connectivity index is 1.80. The van der Waals surface area contributed by atoms with Gasteiger partial charge < -0.3 is 5.23 Å². The van der Waals surface area contributed by atoms with Crippen molar-refractivity contribution in [1.82, 2.24) is 5.23 Å². The molecule has 0 aromatic heterocycles. The van der Waals surface area contributed by atoms with Gasteiger partial charge in [0.15, 0.2) is 0 Å². The first kappa shape index (κ1) is 7.14. The van der Waals surface area contributed by atoms with E-state index in [4.69, 9.17) is 0 Å². The summed E-state index contributed by atoms with van der Waals surface area (Å²) in [4.78, 5) is 0. The molecule has 0 unspecified atom stereocenters. The maximum Gasteiger partial charge on any atom is 0.207 e. The highest BCUT2D eigenvalue weighted by molar-refractivity contribution is 6.36. The lowest BCUT2D eigenvalue weighted by atomic mass is 9.72. The van der Waals surface area contributed by atoms with Gasteiger partial charge in [0, 0.05) is 0 Å². The lowest BCUT2D eigenvalue weighted by Crippen LogP contribution is -2.44. The van der Waals surface area contributed by atoms with Gasteiger partial charge in [-0.05, 0) is 18.8 Å². The molecule has 1 nitrogen and oxygen atoms in total. The monoisotopic (exact) mass is 124 g/mol. The molecule has 0 saturated carbocycles. The molecule has 9 heavy (non-hydrogen) atoms. The highest BCUT2D eigenvalue weighted by Gasteiger charge is 2.15. The average molecular weight is 124 g/mol. The maximum atomic E-state index is 3.28. The molecule has 2 heteroatoms. The van der Waals surface area contributed by atoms with Crippen molar-refractivity contribution in [3.8, 4) is 0 Å². The summed E-state index contributed by atoms with van der Waals surface area (Å²) in [5.74, 6) is 0. The van der Waals surface area contributed by atoms with E-state index in [1.54, 1.807) is 0 Å². The van der Waals surface area contributed by atoms with Crippen molar-refractivity contribution in [1.29, 1.82) is 0 Å². The zero-order chi connectivity index (χ0) is 6.53. The minimum atomic E-state index is 0.830. The van der Waals surface area contributed by atoms with Crippen LogP contribution in [0.3, 0.4) is 0 Å². The van der Waals surface area contributed by atoms with Gasteiger partial charge in [0.05, 0.1) is 0 Å². The van der Waals surface area contributed by atoms with E-state index >= 15 is 0 Å². The van der Waals surface area contributed by atoms with Crippen LogP contribution in [0, 0.1) is 0 Å². The summed E-state index contributed by atoms with van der Waals surface area (Å²) < 4.78 is 0. The van der Waals surface area contributed by atoms with Crippen LogP contribution in [0.5, 0.6) is 0 Å². The number of hydrogen-bond acceptors (Lipinski definition) is 1. The van der Waals surface area contributed by atoms with E-state index < -0.39 is 0 Å². The number of unbranched alkanes of at least 4 members (excludes halogenated alkanes) is 2. The van der Waals surface area contributed by atoms with Crippen LogP contribution < -0.4 is 5.23 Å². The Morgan fingerprint density at radius 1 is 1.56 bits per heavy atom. The number of nitrogens with one attached hydrogen (secondary N) is 1. The van der Waals surface area contributed by atoms with Crippen LogP contribution >= 0.6 is 0 Å². The molecule has 0 aromatic carbocycles. The lowest BCUT2D eigenvalue weighted by Gasteiger charge is -2.26. The summed E-state index contributed by atoms with van der Waals surface area (Å²) >= 11 is 0. The second-order valence-corrected chi connectivity index (χ2v) is 2.80. The quantitative estimate of drug-likeness (QED) is 0.443. The summed E-state index contributed by atoms with van der Waals surface area (Å²) in [6.45, 7) is 2.25. The van der Waals surface area contributed by atoms with Crippen LogP contribution in [0.25, 0.3) is 0 Å². The first-order valence-corrected chi connectivity index (χ1v) is 4.01. The van der Waals surface area contributed by atoms with E-state index in [1.807, 2.05) is 0 Å². The van der Waals surface area contributed by atoms with E-state index in [0.29, 0.717) is 0 Å². The van der Waals surface area contributed by atoms with Crippen LogP contribution in [-0.4, -0.2) is 13.5 Å². The normalized spacial score (nSPS) is 24.8. The second-order valence-electron chi connectivity index (χ2n) is 2.80. The van der Waals surface area contributed by atoms with Crippen molar-refractivity contribution in [3.05, 3.63) is 0 Å². The van der Waals surface area contributed by atoms with E-state index in [2.05, 4.69) is 19.6 Å². The van der Waals surface area contributed by atoms with Gasteiger partial charge in [-0.3, -0.25) is 0 Å². The van der Waals surface area contributed by atoms with Crippen LogP contribution in [0.2, 0.25) is 6.32 Å². The third-order valence-electron chi connectivity index (χ3n) is 1.91. The molecule has 0 aliphatic carbocycles. The third-order valence-corrected chi connectivity index (χ3v) is 1.91. The Morgan fingerprint density at radius 3 is 2.78 bits per heavy atom. The minimum absolute atomic E-state index is 0.830. The molecule has 1 rings (SSSR count). The maximum absolute atomic E-state index is 3.28. The molecule has 0 amide bonds. The molecule has 0 spiro atoms. The Kier molecular flexibility index (Phi) is 3.12. The minimum Gasteiger partial charge on any atom is -0.358 e. The molecule has 1 N–H and O–H groups in total. The van der Waals surface area contributed by atoms with Gasteiger partial charge in [-0.2, -0.15) is 0 Å². The molecule has 51 valence electrons. The van der Waals surface area contributed by atoms with Crippen molar-refractivity contribution >= 4 is 7.41 Å². The largest absolute Gasteiger partial charge is 0.358 e. The van der Waals surface area contributed by atoms with Gasteiger partial charge in [-0.1, -0.05) is 26.2 Å². The third kappa shape index (κ3) is 2.40. The van der Waals surface area contributed by atoms with Crippen molar-refractivity contribution in [3.63, 3.8) is 0 Å². The summed E-state index contributed by atoms with van der Waals surface area (Å²) in [6, 6.07) is 0.830. The highest BCUT2D eigenvalue weighted by Crippen LogP contribution is 2.10. The van der Waals surface area contributed by atoms with Crippen LogP contribution in [0.1, 0.15) is 32.6 Å². The lowest BCUT2D eigenvalue weighted by molar-refractivity contribution is 0.525. The fraction of sp³-hybridized carbons (Fsp3) is 1.00. The van der Waals surface area contributed by atoms with E-state index in [1.165, 1.54) is 32.0 Å². The zero-order valence-electron chi connectivity index (χ0n) is 6.19. The second kappa shape index (κ2) is 3.94. The van der Waals surface area contributed by atoms with E-state index in [0.717, 1.165) is 6.04 Å². The Hall–Kier alpha value is 0.0249. The summed E-state index contributed by atoms with van der Waals surface area (Å²) in [7, 11) is 2.15. The van der Waals surface area contributed by atoms with Gasteiger partial charge in [-0.25, -0.2) is 0 Å². The Morgan fingerprint density at radius 2 is 2.33 bits per heavy atom. The highest BCUT2D eigenvalue weighted by atomic mass is 14.9. The van der Waals surface area contributed by atoms with Gasteiger partial charge in [0.25, 0.3) is 0 Å². The predicted molar refractivity (Wildman–Crippen MR) is 41.6 cm³/mol. The van der Waals surface area contributed by atoms with Gasteiger partial charge in [0.1, 0.15) is 0 Å². The number of rotatable bonds is 4. The van der Waals surface area contributed by atoms with Crippen LogP contribution in [0.15, 0.2) is 0 Å². The van der Waals surface area contributed by atoms with E-state index in [-0.39, 0.29) is 0 Å². The molecule has 1 radical (unpaired) electrons. The standard InChI is InChI=1S/C7H15BN/c1-2-3-4-5-7-6-8-9-7/h7,9H,2-6H2,1H3/t7-/m0/s1. The van der Waals surface area contributed by atoms with E-state index in [9.17, 15) is 0 Å². The Labute approximate surface area is 58.5 Å². The molecule has 0 aromatic rings. The molecule has 1 heterocycles. The van der Waals surface area contributed by atoms with Gasteiger partial charge >= 0.3 is 0 Å². The molecular weight excluding hydrogens is 109 g/mol. The topological polar surface area (TPSA) is 12.0 Å². The van der Waals surface area contributed by atoms with Crippen molar-refractivity contribution < 1.29 is 0 Å². The zero-order valence-corrected chi connectivity index (χ0v) is 6.19. The summed E-state index contributed by atoms with van der Waals surface area (Å²) in [5.41, 5.74) is 0. The molecule has 1 aliphatic rings. The van der Waals surface area contributed by atoms with Gasteiger partial charge in [-0.15, -0.1) is 0 Å². The molecule has 1 saturated heterocycles.